The highest BCUT2D eigenvalue weighted by Crippen LogP contribution is 2.26. The lowest BCUT2D eigenvalue weighted by atomic mass is 10.1. The third-order valence-electron chi connectivity index (χ3n) is 3.89. The van der Waals surface area contributed by atoms with Gasteiger partial charge in [0, 0.05) is 31.2 Å². The van der Waals surface area contributed by atoms with Crippen molar-refractivity contribution < 1.29 is 9.53 Å². The van der Waals surface area contributed by atoms with Crippen molar-refractivity contribution in [2.24, 2.45) is 0 Å². The van der Waals surface area contributed by atoms with Crippen LogP contribution in [0.5, 0.6) is 5.75 Å². The molecule has 1 aliphatic rings. The van der Waals surface area contributed by atoms with E-state index < -0.39 is 0 Å². The molecule has 1 atom stereocenters. The van der Waals surface area contributed by atoms with E-state index in [0.717, 1.165) is 24.4 Å². The largest absolute Gasteiger partial charge is 0.487 e. The zero-order valence-corrected chi connectivity index (χ0v) is 14.9. The highest BCUT2D eigenvalue weighted by Gasteiger charge is 2.27. The molecule has 0 spiro atoms. The Morgan fingerprint density at radius 2 is 2.29 bits per heavy atom. The van der Waals surface area contributed by atoms with E-state index in [0.29, 0.717) is 22.9 Å². The number of ether oxygens (including phenoxy) is 1. The number of pyridine rings is 2. The molecule has 1 unspecified atom stereocenters. The topological polar surface area (TPSA) is 55.3 Å². The second kappa shape index (κ2) is 7.85. The van der Waals surface area contributed by atoms with Gasteiger partial charge in [-0.3, -0.25) is 9.78 Å². The summed E-state index contributed by atoms with van der Waals surface area (Å²) >= 11 is 7.58. The second-order valence-corrected chi connectivity index (χ2v) is 6.70. The Labute approximate surface area is 150 Å². The molecule has 3 rings (SSSR count). The number of carbonyl (C=O) groups is 1. The van der Waals surface area contributed by atoms with E-state index in [4.69, 9.17) is 16.3 Å². The maximum atomic E-state index is 12.8. The average Bonchev–Trinajstić information content (AvgIpc) is 2.63. The minimum absolute atomic E-state index is 0.00146. The number of aromatic nitrogens is 2. The molecule has 1 saturated heterocycles. The maximum absolute atomic E-state index is 12.8. The van der Waals surface area contributed by atoms with Crippen molar-refractivity contribution in [2.45, 2.75) is 24.0 Å². The van der Waals surface area contributed by atoms with Gasteiger partial charge in [-0.25, -0.2) is 4.98 Å². The summed E-state index contributed by atoms with van der Waals surface area (Å²) < 4.78 is 5.97. The van der Waals surface area contributed by atoms with E-state index in [-0.39, 0.29) is 12.0 Å². The van der Waals surface area contributed by atoms with Crippen LogP contribution < -0.4 is 4.74 Å². The predicted octanol–water partition coefficient (Wildman–Crippen LogP) is 3.54. The van der Waals surface area contributed by atoms with Crippen LogP contribution in [0.4, 0.5) is 0 Å². The lowest BCUT2D eigenvalue weighted by Crippen LogP contribution is -2.44. The molecule has 24 heavy (non-hydrogen) atoms. The minimum atomic E-state index is -0.0722. The molecular weight excluding hydrogens is 346 g/mol. The lowest BCUT2D eigenvalue weighted by molar-refractivity contribution is 0.0534. The van der Waals surface area contributed by atoms with Crippen LogP contribution in [-0.2, 0) is 0 Å². The SMILES string of the molecule is CSc1ncccc1C(=O)N1CCCC(Oc2ccncc2Cl)C1. The Hall–Kier alpha value is -1.79. The fourth-order valence-electron chi connectivity index (χ4n) is 2.74. The van der Waals surface area contributed by atoms with Gasteiger partial charge in [0.1, 0.15) is 21.9 Å². The van der Waals surface area contributed by atoms with Gasteiger partial charge >= 0.3 is 0 Å². The zero-order chi connectivity index (χ0) is 16.9. The quantitative estimate of drug-likeness (QED) is 0.778. The number of hydrogen-bond donors (Lipinski definition) is 0. The molecule has 1 amide bonds. The summed E-state index contributed by atoms with van der Waals surface area (Å²) in [6.45, 7) is 1.27. The van der Waals surface area contributed by atoms with Gasteiger partial charge in [-0.1, -0.05) is 11.6 Å². The first-order valence-corrected chi connectivity index (χ1v) is 9.33. The first-order chi connectivity index (χ1) is 11.7. The molecule has 7 heteroatoms. The molecule has 1 aliphatic heterocycles. The Morgan fingerprint density at radius 1 is 1.42 bits per heavy atom. The molecule has 3 heterocycles. The molecule has 1 fully saturated rings. The highest BCUT2D eigenvalue weighted by molar-refractivity contribution is 7.98. The molecule has 2 aromatic rings. The Balaban J connectivity index is 1.71. The Morgan fingerprint density at radius 3 is 3.08 bits per heavy atom. The van der Waals surface area contributed by atoms with Crippen molar-refractivity contribution in [3.05, 3.63) is 47.4 Å². The van der Waals surface area contributed by atoms with Gasteiger partial charge in [0.25, 0.3) is 5.91 Å². The predicted molar refractivity (Wildman–Crippen MR) is 94.8 cm³/mol. The lowest BCUT2D eigenvalue weighted by Gasteiger charge is -2.33. The number of halogens is 1. The minimum Gasteiger partial charge on any atom is -0.487 e. The number of piperidine rings is 1. The Bertz CT molecular complexity index is 728. The number of rotatable bonds is 4. The maximum Gasteiger partial charge on any atom is 0.256 e. The van der Waals surface area contributed by atoms with Crippen LogP contribution in [0.3, 0.4) is 0 Å². The van der Waals surface area contributed by atoms with E-state index in [2.05, 4.69) is 9.97 Å². The zero-order valence-electron chi connectivity index (χ0n) is 13.3. The van der Waals surface area contributed by atoms with Crippen LogP contribution in [0.15, 0.2) is 41.8 Å². The Kier molecular flexibility index (Phi) is 5.58. The van der Waals surface area contributed by atoms with Gasteiger partial charge in [-0.15, -0.1) is 11.8 Å². The third kappa shape index (κ3) is 3.82. The van der Waals surface area contributed by atoms with Gasteiger partial charge in [0.05, 0.1) is 12.1 Å². The van der Waals surface area contributed by atoms with E-state index in [1.165, 1.54) is 11.8 Å². The average molecular weight is 364 g/mol. The number of thioether (sulfide) groups is 1. The van der Waals surface area contributed by atoms with E-state index >= 15 is 0 Å². The van der Waals surface area contributed by atoms with E-state index in [1.54, 1.807) is 30.7 Å². The number of carbonyl (C=O) groups excluding carboxylic acids is 1. The molecule has 0 bridgehead atoms. The van der Waals surface area contributed by atoms with Crippen LogP contribution in [-0.4, -0.2) is 46.2 Å². The summed E-state index contributed by atoms with van der Waals surface area (Å²) in [7, 11) is 0. The van der Waals surface area contributed by atoms with Crippen molar-refractivity contribution in [1.29, 1.82) is 0 Å². The van der Waals surface area contributed by atoms with E-state index in [9.17, 15) is 4.79 Å². The molecule has 0 N–H and O–H groups in total. The first kappa shape index (κ1) is 17.0. The van der Waals surface area contributed by atoms with Crippen LogP contribution in [0.1, 0.15) is 23.2 Å². The van der Waals surface area contributed by atoms with Gasteiger partial charge in [-0.2, -0.15) is 0 Å². The normalized spacial score (nSPS) is 17.6. The van der Waals surface area contributed by atoms with Gasteiger partial charge in [0.2, 0.25) is 0 Å². The summed E-state index contributed by atoms with van der Waals surface area (Å²) in [6, 6.07) is 5.36. The third-order valence-corrected chi connectivity index (χ3v) is 4.89. The van der Waals surface area contributed by atoms with Crippen molar-refractivity contribution in [1.82, 2.24) is 14.9 Å². The number of amides is 1. The van der Waals surface area contributed by atoms with Crippen LogP contribution in [0, 0.1) is 0 Å². The number of hydrogen-bond acceptors (Lipinski definition) is 5. The molecule has 0 aromatic carbocycles. The summed E-state index contributed by atoms with van der Waals surface area (Å²) in [4.78, 5) is 22.9. The van der Waals surface area contributed by atoms with Gasteiger partial charge in [-0.05, 0) is 31.2 Å². The summed E-state index contributed by atoms with van der Waals surface area (Å²) in [5.41, 5.74) is 0.646. The molecule has 5 nitrogen and oxygen atoms in total. The number of nitrogens with zero attached hydrogens (tertiary/aromatic N) is 3. The summed E-state index contributed by atoms with van der Waals surface area (Å²) in [6.07, 6.45) is 8.55. The monoisotopic (exact) mass is 363 g/mol. The molecule has 0 aliphatic carbocycles. The van der Waals surface area contributed by atoms with Crippen LogP contribution >= 0.6 is 23.4 Å². The van der Waals surface area contributed by atoms with Crippen molar-refractivity contribution in [3.8, 4) is 5.75 Å². The first-order valence-electron chi connectivity index (χ1n) is 7.73. The summed E-state index contributed by atoms with van der Waals surface area (Å²) in [5, 5.41) is 1.24. The molecule has 126 valence electrons. The van der Waals surface area contributed by atoms with Crippen LogP contribution in [0.25, 0.3) is 0 Å². The standard InChI is InChI=1S/C17H18ClN3O2S/c1-24-16-13(5-2-7-20-16)17(22)21-9-3-4-12(11-21)23-15-6-8-19-10-14(15)18/h2,5-8,10,12H,3-4,9,11H2,1H3. The highest BCUT2D eigenvalue weighted by atomic mass is 35.5. The van der Waals surface area contributed by atoms with Gasteiger partial charge in [0.15, 0.2) is 0 Å². The molecule has 2 aromatic heterocycles. The van der Waals surface area contributed by atoms with Crippen LogP contribution in [0.2, 0.25) is 5.02 Å². The molecular formula is C17H18ClN3O2S. The number of likely N-dealkylation sites (tertiary alicyclic amines) is 1. The molecule has 0 saturated carbocycles. The van der Waals surface area contributed by atoms with Crippen molar-refractivity contribution in [3.63, 3.8) is 0 Å². The second-order valence-electron chi connectivity index (χ2n) is 5.50. The van der Waals surface area contributed by atoms with E-state index in [1.807, 2.05) is 17.2 Å². The van der Waals surface area contributed by atoms with Crippen molar-refractivity contribution in [2.75, 3.05) is 19.3 Å². The smallest absolute Gasteiger partial charge is 0.256 e. The van der Waals surface area contributed by atoms with Crippen molar-refractivity contribution >= 4 is 29.3 Å². The fourth-order valence-corrected chi connectivity index (χ4v) is 3.45. The fraction of sp³-hybridized carbons (Fsp3) is 0.353. The molecule has 0 radical (unpaired) electrons. The summed E-state index contributed by atoms with van der Waals surface area (Å²) in [5.74, 6) is 0.610. The van der Waals surface area contributed by atoms with Gasteiger partial charge < -0.3 is 9.64 Å².